The zero-order valence-corrected chi connectivity index (χ0v) is 12.3. The van der Waals surface area contributed by atoms with E-state index in [9.17, 15) is 0 Å². The van der Waals surface area contributed by atoms with Crippen LogP contribution in [0.4, 0.5) is 5.82 Å². The molecule has 2 aromatic carbocycles. The van der Waals surface area contributed by atoms with E-state index in [0.717, 1.165) is 34.1 Å². The van der Waals surface area contributed by atoms with Crippen molar-refractivity contribution in [1.29, 1.82) is 0 Å². The van der Waals surface area contributed by atoms with Crippen LogP contribution in [0.5, 0.6) is 11.5 Å². The molecule has 1 aliphatic rings. The van der Waals surface area contributed by atoms with E-state index < -0.39 is 0 Å². The van der Waals surface area contributed by atoms with Crippen LogP contribution in [0, 0.1) is 0 Å². The largest absolute Gasteiger partial charge is 0.457 e. The van der Waals surface area contributed by atoms with Crippen molar-refractivity contribution in [2.75, 3.05) is 12.0 Å². The summed E-state index contributed by atoms with van der Waals surface area (Å²) in [4.78, 5) is 4.20. The zero-order chi connectivity index (χ0) is 15.6. The smallest absolute Gasteiger partial charge is 0.160 e. The van der Waals surface area contributed by atoms with Gasteiger partial charge >= 0.3 is 0 Å². The number of nitrogens with zero attached hydrogens (tertiary/aromatic N) is 2. The van der Waals surface area contributed by atoms with E-state index in [1.54, 1.807) is 0 Å². The second-order valence-electron chi connectivity index (χ2n) is 5.14. The Morgan fingerprint density at radius 1 is 0.957 bits per heavy atom. The van der Waals surface area contributed by atoms with Gasteiger partial charge in [-0.25, -0.2) is 4.99 Å². The molecule has 4 rings (SSSR count). The number of nitrogens with one attached hydrogen (secondary N) is 2. The molecule has 3 aromatic rings. The predicted octanol–water partition coefficient (Wildman–Crippen LogP) is 2.96. The number of anilines is 1. The number of rotatable bonds is 3. The van der Waals surface area contributed by atoms with Gasteiger partial charge in [0.15, 0.2) is 5.82 Å². The summed E-state index contributed by atoms with van der Waals surface area (Å²) in [6, 6.07) is 17.4. The number of para-hydroxylation sites is 1. The maximum absolute atomic E-state index is 5.99. The molecule has 23 heavy (non-hydrogen) atoms. The summed E-state index contributed by atoms with van der Waals surface area (Å²) in [6.45, 7) is 0.451. The Balaban J connectivity index is 1.62. The van der Waals surface area contributed by atoms with Crippen molar-refractivity contribution in [3.8, 4) is 22.8 Å². The van der Waals surface area contributed by atoms with Crippen LogP contribution < -0.4 is 15.8 Å². The number of fused-ring (bicyclic) bond motifs is 1. The normalized spacial score (nSPS) is 13.0. The number of H-pyrrole nitrogens is 1. The summed E-state index contributed by atoms with van der Waals surface area (Å²) < 4.78 is 5.80. The quantitative estimate of drug-likeness (QED) is 0.694. The summed E-state index contributed by atoms with van der Waals surface area (Å²) in [5.41, 5.74) is 8.62. The van der Waals surface area contributed by atoms with Crippen LogP contribution in [-0.2, 0) is 0 Å². The summed E-state index contributed by atoms with van der Waals surface area (Å²) in [5, 5.41) is 10.4. The van der Waals surface area contributed by atoms with Gasteiger partial charge in [0, 0.05) is 5.56 Å². The van der Waals surface area contributed by atoms with Crippen molar-refractivity contribution in [3.63, 3.8) is 0 Å². The van der Waals surface area contributed by atoms with Gasteiger partial charge in [-0.3, -0.25) is 5.10 Å². The van der Waals surface area contributed by atoms with E-state index in [1.807, 2.05) is 54.6 Å². The Labute approximate surface area is 133 Å². The minimum absolute atomic E-state index is 0.451. The highest BCUT2D eigenvalue weighted by atomic mass is 16.5. The van der Waals surface area contributed by atoms with E-state index in [0.29, 0.717) is 12.5 Å². The Kier molecular flexibility index (Phi) is 3.20. The number of benzene rings is 2. The van der Waals surface area contributed by atoms with E-state index in [2.05, 4.69) is 20.5 Å². The molecular weight excluding hydrogens is 290 g/mol. The predicted molar refractivity (Wildman–Crippen MR) is 89.8 cm³/mol. The van der Waals surface area contributed by atoms with Crippen molar-refractivity contribution in [1.82, 2.24) is 10.2 Å². The van der Waals surface area contributed by atoms with Gasteiger partial charge in [-0.15, -0.1) is 0 Å². The molecule has 1 aliphatic heterocycles. The number of nitrogens with two attached hydrogens (primary N) is 1. The lowest BCUT2D eigenvalue weighted by Crippen LogP contribution is -2.22. The highest BCUT2D eigenvalue weighted by molar-refractivity contribution is 6.07. The van der Waals surface area contributed by atoms with E-state index in [4.69, 9.17) is 10.5 Å². The molecule has 0 amide bonds. The second-order valence-corrected chi connectivity index (χ2v) is 5.14. The lowest BCUT2D eigenvalue weighted by Gasteiger charge is -2.12. The number of hydrogen-bond donors (Lipinski definition) is 3. The Hall–Kier alpha value is -3.28. The van der Waals surface area contributed by atoms with Crippen LogP contribution in [0.1, 0.15) is 5.56 Å². The van der Waals surface area contributed by atoms with Crippen molar-refractivity contribution in [3.05, 3.63) is 60.2 Å². The molecule has 2 heterocycles. The average molecular weight is 305 g/mol. The summed E-state index contributed by atoms with van der Waals surface area (Å²) in [6.07, 6.45) is 0. The van der Waals surface area contributed by atoms with E-state index >= 15 is 0 Å². The molecule has 6 nitrogen and oxygen atoms in total. The van der Waals surface area contributed by atoms with Gasteiger partial charge < -0.3 is 15.8 Å². The molecule has 0 atom stereocenters. The summed E-state index contributed by atoms with van der Waals surface area (Å²) >= 11 is 0. The number of amidine groups is 1. The monoisotopic (exact) mass is 305 g/mol. The van der Waals surface area contributed by atoms with Gasteiger partial charge in [0.25, 0.3) is 0 Å². The fourth-order valence-corrected chi connectivity index (χ4v) is 2.52. The number of aromatic amines is 1. The molecule has 4 N–H and O–H groups in total. The average Bonchev–Trinajstić information content (AvgIpc) is 3.02. The maximum Gasteiger partial charge on any atom is 0.160 e. The van der Waals surface area contributed by atoms with Crippen LogP contribution in [0.2, 0.25) is 0 Å². The highest BCUT2D eigenvalue weighted by Crippen LogP contribution is 2.30. The summed E-state index contributed by atoms with van der Waals surface area (Å²) in [7, 11) is 0. The topological polar surface area (TPSA) is 88.3 Å². The van der Waals surface area contributed by atoms with Crippen LogP contribution in [0.15, 0.2) is 59.6 Å². The van der Waals surface area contributed by atoms with Crippen LogP contribution in [-0.4, -0.2) is 22.7 Å². The lowest BCUT2D eigenvalue weighted by atomic mass is 10.1. The third kappa shape index (κ3) is 2.50. The number of ether oxygens (including phenoxy) is 1. The van der Waals surface area contributed by atoms with E-state index in [-0.39, 0.29) is 0 Å². The first kappa shape index (κ1) is 13.4. The fourth-order valence-electron chi connectivity index (χ4n) is 2.52. The lowest BCUT2D eigenvalue weighted by molar-refractivity contribution is 0.483. The number of hydrogen-bond acceptors (Lipinski definition) is 5. The molecule has 1 aromatic heterocycles. The van der Waals surface area contributed by atoms with Gasteiger partial charge in [0.1, 0.15) is 24.0 Å². The molecule has 0 aliphatic carbocycles. The standard InChI is InChI=1S/C17H15N5O/c18-16-14-15(21-22-17(14)20-10-19-16)11-6-8-13(9-7-11)23-12-4-2-1-3-5-12/h1-9H,10H2,(H2,18,19)(H2,20,21,22). The van der Waals surface area contributed by atoms with Crippen LogP contribution in [0.3, 0.4) is 0 Å². The van der Waals surface area contributed by atoms with Gasteiger partial charge in [-0.2, -0.15) is 5.10 Å². The van der Waals surface area contributed by atoms with Crippen molar-refractivity contribution >= 4 is 11.7 Å². The fraction of sp³-hybridized carbons (Fsp3) is 0.0588. The number of aromatic nitrogens is 2. The van der Waals surface area contributed by atoms with E-state index in [1.165, 1.54) is 0 Å². The molecule has 0 radical (unpaired) electrons. The molecule has 0 bridgehead atoms. The molecule has 0 saturated carbocycles. The SMILES string of the molecule is NC1=NCNc2n[nH]c(-c3ccc(Oc4ccccc4)cc3)c21. The Morgan fingerprint density at radius 3 is 2.48 bits per heavy atom. The Bertz CT molecular complexity index is 852. The van der Waals surface area contributed by atoms with Gasteiger partial charge in [0.05, 0.1) is 11.3 Å². The first-order valence-electron chi connectivity index (χ1n) is 7.27. The first-order chi connectivity index (χ1) is 11.3. The first-order valence-corrected chi connectivity index (χ1v) is 7.27. The molecule has 0 fully saturated rings. The number of aliphatic imine (C=N–C) groups is 1. The second kappa shape index (κ2) is 5.49. The minimum atomic E-state index is 0.451. The molecule has 114 valence electrons. The Morgan fingerprint density at radius 2 is 1.70 bits per heavy atom. The van der Waals surface area contributed by atoms with Crippen molar-refractivity contribution < 1.29 is 4.74 Å². The highest BCUT2D eigenvalue weighted by Gasteiger charge is 2.20. The molecule has 0 unspecified atom stereocenters. The van der Waals surface area contributed by atoms with Gasteiger partial charge in [-0.1, -0.05) is 18.2 Å². The third-order valence-corrected chi connectivity index (χ3v) is 3.64. The molecule has 0 spiro atoms. The minimum Gasteiger partial charge on any atom is -0.457 e. The molecular formula is C17H15N5O. The van der Waals surface area contributed by atoms with Crippen LogP contribution >= 0.6 is 0 Å². The zero-order valence-electron chi connectivity index (χ0n) is 12.3. The van der Waals surface area contributed by atoms with Crippen molar-refractivity contribution in [2.45, 2.75) is 0 Å². The maximum atomic E-state index is 5.99. The summed E-state index contributed by atoms with van der Waals surface area (Å²) in [5.74, 6) is 2.80. The third-order valence-electron chi connectivity index (χ3n) is 3.64. The van der Waals surface area contributed by atoms with Crippen LogP contribution in [0.25, 0.3) is 11.3 Å². The molecule has 6 heteroatoms. The van der Waals surface area contributed by atoms with Crippen molar-refractivity contribution in [2.24, 2.45) is 10.7 Å². The van der Waals surface area contributed by atoms with Gasteiger partial charge in [-0.05, 0) is 36.4 Å². The van der Waals surface area contributed by atoms with Gasteiger partial charge in [0.2, 0.25) is 0 Å². The molecule has 0 saturated heterocycles.